The maximum atomic E-state index is 13.8. The number of rotatable bonds is 12. The summed E-state index contributed by atoms with van der Waals surface area (Å²) in [5, 5.41) is 30.4. The number of aliphatic hydroxyl groups is 2. The Bertz CT molecular complexity index is 1650. The number of hydrogen-bond acceptors (Lipinski definition) is 8. The van der Waals surface area contributed by atoms with Crippen molar-refractivity contribution in [1.82, 2.24) is 15.6 Å². The van der Waals surface area contributed by atoms with Crippen molar-refractivity contribution >= 4 is 34.2 Å². The average Bonchev–Trinajstić information content (AvgIpc) is 3.44. The number of halogens is 3. The monoisotopic (exact) mass is 597 g/mol. The Kier molecular flexibility index (Phi) is 9.33. The summed E-state index contributed by atoms with van der Waals surface area (Å²) in [6.45, 7) is 0.475. The van der Waals surface area contributed by atoms with Gasteiger partial charge in [-0.25, -0.2) is 9.02 Å². The smallest absolute Gasteiger partial charge is 0.142 e. The SMILES string of the molecule is OC[C@@H](O)CNCc1cc(Cl)c(OCc2cccc(-c3cccc(F)c3)c2Cl)cc1OCc1ccc2nonc2c1. The van der Waals surface area contributed by atoms with Crippen molar-refractivity contribution < 1.29 is 28.7 Å². The predicted molar refractivity (Wildman–Crippen MR) is 154 cm³/mol. The summed E-state index contributed by atoms with van der Waals surface area (Å²) in [4.78, 5) is 0. The van der Waals surface area contributed by atoms with Crippen molar-refractivity contribution in [3.63, 3.8) is 0 Å². The van der Waals surface area contributed by atoms with Crippen LogP contribution < -0.4 is 14.8 Å². The Morgan fingerprint density at radius 1 is 0.878 bits per heavy atom. The van der Waals surface area contributed by atoms with Crippen LogP contribution >= 0.6 is 23.2 Å². The van der Waals surface area contributed by atoms with Crippen LogP contribution in [0.5, 0.6) is 11.5 Å². The van der Waals surface area contributed by atoms with Crippen LogP contribution in [-0.2, 0) is 19.8 Å². The normalized spacial score (nSPS) is 12.0. The Morgan fingerprint density at radius 3 is 2.51 bits per heavy atom. The molecule has 0 fully saturated rings. The van der Waals surface area contributed by atoms with Gasteiger partial charge < -0.3 is 25.0 Å². The number of nitrogens with zero attached hydrogens (tertiary/aromatic N) is 2. The van der Waals surface area contributed by atoms with Gasteiger partial charge in [-0.05, 0) is 51.8 Å². The number of benzene rings is 4. The number of nitrogens with one attached hydrogen (secondary N) is 1. The molecule has 0 amide bonds. The van der Waals surface area contributed by atoms with Gasteiger partial charge in [0.2, 0.25) is 0 Å². The van der Waals surface area contributed by atoms with E-state index in [2.05, 4.69) is 15.6 Å². The van der Waals surface area contributed by atoms with E-state index in [4.69, 9.17) is 42.4 Å². The molecule has 5 rings (SSSR count). The minimum Gasteiger partial charge on any atom is -0.488 e. The largest absolute Gasteiger partial charge is 0.488 e. The van der Waals surface area contributed by atoms with E-state index in [-0.39, 0.29) is 32.2 Å². The molecule has 0 aliphatic carbocycles. The molecule has 1 aromatic heterocycles. The van der Waals surface area contributed by atoms with Crippen LogP contribution in [0.15, 0.2) is 77.4 Å². The zero-order valence-electron chi connectivity index (χ0n) is 21.7. The van der Waals surface area contributed by atoms with E-state index in [1.54, 1.807) is 30.3 Å². The molecule has 0 saturated heterocycles. The summed E-state index contributed by atoms with van der Waals surface area (Å²) in [6.07, 6.45) is -0.895. The van der Waals surface area contributed by atoms with Crippen LogP contribution in [0.1, 0.15) is 16.7 Å². The fourth-order valence-electron chi connectivity index (χ4n) is 4.20. The fraction of sp³-hybridized carbons (Fsp3) is 0.200. The summed E-state index contributed by atoms with van der Waals surface area (Å²) in [5.74, 6) is 0.537. The Hall–Kier alpha value is -3.73. The second-order valence-corrected chi connectivity index (χ2v) is 10.1. The van der Waals surface area contributed by atoms with E-state index in [0.717, 1.165) is 11.1 Å². The molecule has 1 atom stereocenters. The second-order valence-electron chi connectivity index (χ2n) is 9.31. The van der Waals surface area contributed by atoms with Crippen LogP contribution in [-0.4, -0.2) is 39.8 Å². The molecule has 0 bridgehead atoms. The molecule has 41 heavy (non-hydrogen) atoms. The number of aliphatic hydroxyl groups excluding tert-OH is 2. The van der Waals surface area contributed by atoms with E-state index < -0.39 is 6.10 Å². The first-order valence-electron chi connectivity index (χ1n) is 12.7. The van der Waals surface area contributed by atoms with Gasteiger partial charge in [-0.3, -0.25) is 0 Å². The van der Waals surface area contributed by atoms with E-state index in [1.165, 1.54) is 12.1 Å². The lowest BCUT2D eigenvalue weighted by Crippen LogP contribution is -2.29. The summed E-state index contributed by atoms with van der Waals surface area (Å²) >= 11 is 13.3. The van der Waals surface area contributed by atoms with Crippen molar-refractivity contribution in [1.29, 1.82) is 0 Å². The van der Waals surface area contributed by atoms with Crippen LogP contribution in [0.3, 0.4) is 0 Å². The summed E-state index contributed by atoms with van der Waals surface area (Å²) in [5.41, 5.74) is 4.88. The lowest BCUT2D eigenvalue weighted by Gasteiger charge is -2.17. The number of ether oxygens (including phenoxy) is 2. The standard InChI is InChI=1S/C30H26Cl2FN3O5/c31-25-11-21(13-34-14-23(38)15-37)28(39-16-18-7-8-26-27(9-18)36-41-35-26)12-29(25)40-17-20-4-2-6-24(30(20)32)19-3-1-5-22(33)10-19/h1-12,23,34,37-38H,13-17H2/t23-/m0/s1. The average molecular weight is 598 g/mol. The van der Waals surface area contributed by atoms with Crippen LogP contribution in [0, 0.1) is 5.82 Å². The van der Waals surface area contributed by atoms with Gasteiger partial charge in [-0.1, -0.05) is 59.6 Å². The van der Waals surface area contributed by atoms with Crippen LogP contribution in [0.4, 0.5) is 4.39 Å². The third kappa shape index (κ3) is 7.13. The van der Waals surface area contributed by atoms with Gasteiger partial charge in [0.1, 0.15) is 41.6 Å². The van der Waals surface area contributed by atoms with Crippen molar-refractivity contribution in [3.8, 4) is 22.6 Å². The van der Waals surface area contributed by atoms with E-state index in [1.807, 2.05) is 30.3 Å². The molecule has 0 spiro atoms. The molecular weight excluding hydrogens is 572 g/mol. The topological polar surface area (TPSA) is 110 Å². The van der Waals surface area contributed by atoms with Gasteiger partial charge in [0, 0.05) is 35.8 Å². The molecular formula is C30H26Cl2FN3O5. The highest BCUT2D eigenvalue weighted by Crippen LogP contribution is 2.36. The third-order valence-corrected chi connectivity index (χ3v) is 7.07. The maximum absolute atomic E-state index is 13.8. The Labute approximate surface area is 245 Å². The lowest BCUT2D eigenvalue weighted by atomic mass is 10.0. The molecule has 3 N–H and O–H groups in total. The molecule has 0 saturated carbocycles. The van der Waals surface area contributed by atoms with Gasteiger partial charge in [0.15, 0.2) is 0 Å². The third-order valence-electron chi connectivity index (χ3n) is 6.33. The maximum Gasteiger partial charge on any atom is 0.142 e. The summed E-state index contributed by atoms with van der Waals surface area (Å²) in [7, 11) is 0. The first kappa shape index (κ1) is 28.8. The summed E-state index contributed by atoms with van der Waals surface area (Å²) < 4.78 is 30.8. The summed E-state index contributed by atoms with van der Waals surface area (Å²) in [6, 6.07) is 20.6. The molecule has 0 radical (unpaired) electrons. The molecule has 212 valence electrons. The van der Waals surface area contributed by atoms with Gasteiger partial charge in [-0.15, -0.1) is 0 Å². The van der Waals surface area contributed by atoms with Gasteiger partial charge in [0.25, 0.3) is 0 Å². The second kappa shape index (κ2) is 13.3. The molecule has 0 aliphatic rings. The van der Waals surface area contributed by atoms with Crippen molar-refractivity contribution in [2.75, 3.05) is 13.2 Å². The predicted octanol–water partition coefficient (Wildman–Crippen LogP) is 5.94. The van der Waals surface area contributed by atoms with Crippen molar-refractivity contribution in [2.45, 2.75) is 25.9 Å². The van der Waals surface area contributed by atoms with E-state index in [9.17, 15) is 9.50 Å². The van der Waals surface area contributed by atoms with E-state index in [0.29, 0.717) is 55.8 Å². The van der Waals surface area contributed by atoms with Gasteiger partial charge >= 0.3 is 0 Å². The molecule has 11 heteroatoms. The number of aromatic nitrogens is 2. The van der Waals surface area contributed by atoms with E-state index >= 15 is 0 Å². The molecule has 0 unspecified atom stereocenters. The molecule has 4 aromatic carbocycles. The molecule has 5 aromatic rings. The number of fused-ring (bicyclic) bond motifs is 1. The van der Waals surface area contributed by atoms with Gasteiger partial charge in [0.05, 0.1) is 22.8 Å². The van der Waals surface area contributed by atoms with Crippen LogP contribution in [0.25, 0.3) is 22.2 Å². The highest BCUT2D eigenvalue weighted by molar-refractivity contribution is 6.34. The quantitative estimate of drug-likeness (QED) is 0.162. The molecule has 1 heterocycles. The first-order chi connectivity index (χ1) is 19.9. The molecule has 0 aliphatic heterocycles. The Morgan fingerprint density at radius 2 is 1.68 bits per heavy atom. The zero-order valence-corrected chi connectivity index (χ0v) is 23.2. The minimum atomic E-state index is -0.895. The van der Waals surface area contributed by atoms with Crippen LogP contribution in [0.2, 0.25) is 10.0 Å². The lowest BCUT2D eigenvalue weighted by molar-refractivity contribution is 0.0941. The first-order valence-corrected chi connectivity index (χ1v) is 13.5. The molecule has 8 nitrogen and oxygen atoms in total. The highest BCUT2D eigenvalue weighted by Gasteiger charge is 2.15. The Balaban J connectivity index is 1.36. The zero-order chi connectivity index (χ0) is 28.8. The fourth-order valence-corrected chi connectivity index (χ4v) is 4.73. The number of hydrogen-bond donors (Lipinski definition) is 3. The van der Waals surface area contributed by atoms with Crippen molar-refractivity contribution in [3.05, 3.63) is 105 Å². The van der Waals surface area contributed by atoms with Crippen molar-refractivity contribution in [2.24, 2.45) is 0 Å². The highest BCUT2D eigenvalue weighted by atomic mass is 35.5. The van der Waals surface area contributed by atoms with Gasteiger partial charge in [-0.2, -0.15) is 0 Å². The minimum absolute atomic E-state index is 0.108.